The Labute approximate surface area is 133 Å². The Morgan fingerprint density at radius 2 is 1.95 bits per heavy atom. The molecular formula is C16H16N4OS. The third kappa shape index (κ3) is 2.92. The van der Waals surface area contributed by atoms with E-state index in [1.807, 2.05) is 41.2 Å². The standard InChI is InChI=1S/C16H16N4OS/c1-12-5-7-14(8-6-12)20-11-13(17-18-20)10-19-9-3-4-15(21-2)16(19)22/h3-9,11H,10H2,1-2H3. The number of hydrogen-bond acceptors (Lipinski definition) is 4. The second-order valence-electron chi connectivity index (χ2n) is 5.00. The van der Waals surface area contributed by atoms with Crippen LogP contribution in [0, 0.1) is 11.6 Å². The summed E-state index contributed by atoms with van der Waals surface area (Å²) in [6, 6.07) is 11.9. The lowest BCUT2D eigenvalue weighted by Crippen LogP contribution is -2.03. The number of benzene rings is 1. The molecule has 0 radical (unpaired) electrons. The Balaban J connectivity index is 1.86. The lowest BCUT2D eigenvalue weighted by molar-refractivity contribution is 0.407. The van der Waals surface area contributed by atoms with Gasteiger partial charge in [0.1, 0.15) is 10.3 Å². The van der Waals surface area contributed by atoms with Crippen LogP contribution >= 0.6 is 12.2 Å². The van der Waals surface area contributed by atoms with E-state index in [2.05, 4.69) is 29.4 Å². The molecule has 2 heterocycles. The average molecular weight is 312 g/mol. The van der Waals surface area contributed by atoms with Gasteiger partial charge in [-0.15, -0.1) is 5.10 Å². The Hall–Kier alpha value is -2.47. The van der Waals surface area contributed by atoms with Crippen LogP contribution in [0.5, 0.6) is 5.75 Å². The van der Waals surface area contributed by atoms with Crippen molar-refractivity contribution in [1.82, 2.24) is 19.6 Å². The number of rotatable bonds is 4. The van der Waals surface area contributed by atoms with Gasteiger partial charge in [0.25, 0.3) is 0 Å². The summed E-state index contributed by atoms with van der Waals surface area (Å²) < 4.78 is 9.57. The van der Waals surface area contributed by atoms with Crippen molar-refractivity contribution in [3.63, 3.8) is 0 Å². The molecule has 22 heavy (non-hydrogen) atoms. The molecule has 0 unspecified atom stereocenters. The van der Waals surface area contributed by atoms with Gasteiger partial charge in [-0.2, -0.15) is 0 Å². The Kier molecular flexibility index (Phi) is 4.02. The molecule has 0 saturated carbocycles. The third-order valence-electron chi connectivity index (χ3n) is 3.38. The fraction of sp³-hybridized carbons (Fsp3) is 0.188. The summed E-state index contributed by atoms with van der Waals surface area (Å²) in [6.45, 7) is 2.61. The first kappa shape index (κ1) is 14.5. The Bertz CT molecular complexity index is 836. The van der Waals surface area contributed by atoms with Gasteiger partial charge >= 0.3 is 0 Å². The Morgan fingerprint density at radius 3 is 2.68 bits per heavy atom. The van der Waals surface area contributed by atoms with Crippen LogP contribution in [0.3, 0.4) is 0 Å². The first-order valence-electron chi connectivity index (χ1n) is 6.89. The van der Waals surface area contributed by atoms with E-state index in [0.29, 0.717) is 16.9 Å². The third-order valence-corrected chi connectivity index (χ3v) is 3.81. The molecule has 0 aliphatic carbocycles. The van der Waals surface area contributed by atoms with Crippen molar-refractivity contribution in [2.24, 2.45) is 0 Å². The summed E-state index contributed by atoms with van der Waals surface area (Å²) in [7, 11) is 1.61. The van der Waals surface area contributed by atoms with Crippen molar-refractivity contribution in [3.05, 3.63) is 64.7 Å². The second-order valence-corrected chi connectivity index (χ2v) is 5.39. The van der Waals surface area contributed by atoms with Gasteiger partial charge in [0.15, 0.2) is 5.75 Å². The number of methoxy groups -OCH3 is 1. The highest BCUT2D eigenvalue weighted by atomic mass is 32.1. The maximum absolute atomic E-state index is 5.39. The molecule has 3 aromatic rings. The predicted octanol–water partition coefficient (Wildman–Crippen LogP) is 3.16. The summed E-state index contributed by atoms with van der Waals surface area (Å²) in [5, 5.41) is 8.38. The normalized spacial score (nSPS) is 10.6. The highest BCUT2D eigenvalue weighted by Gasteiger charge is 2.05. The van der Waals surface area contributed by atoms with Crippen molar-refractivity contribution in [2.45, 2.75) is 13.5 Å². The quantitative estimate of drug-likeness (QED) is 0.694. The zero-order valence-electron chi connectivity index (χ0n) is 12.4. The van der Waals surface area contributed by atoms with Crippen LogP contribution in [0.2, 0.25) is 0 Å². The van der Waals surface area contributed by atoms with E-state index in [4.69, 9.17) is 17.0 Å². The molecule has 2 aromatic heterocycles. The maximum atomic E-state index is 5.39. The molecule has 0 aliphatic heterocycles. The minimum Gasteiger partial charge on any atom is -0.494 e. The van der Waals surface area contributed by atoms with Crippen LogP contribution < -0.4 is 4.74 Å². The van der Waals surface area contributed by atoms with Crippen molar-refractivity contribution < 1.29 is 4.74 Å². The van der Waals surface area contributed by atoms with Gasteiger partial charge < -0.3 is 9.30 Å². The fourth-order valence-electron chi connectivity index (χ4n) is 2.16. The van der Waals surface area contributed by atoms with Crippen LogP contribution in [0.15, 0.2) is 48.8 Å². The Morgan fingerprint density at radius 1 is 1.18 bits per heavy atom. The molecule has 0 saturated heterocycles. The molecular weight excluding hydrogens is 296 g/mol. The largest absolute Gasteiger partial charge is 0.494 e. The van der Waals surface area contributed by atoms with E-state index in [1.165, 1.54) is 5.56 Å². The van der Waals surface area contributed by atoms with Crippen molar-refractivity contribution >= 4 is 12.2 Å². The van der Waals surface area contributed by atoms with Gasteiger partial charge in [-0.1, -0.05) is 35.1 Å². The molecule has 5 nitrogen and oxygen atoms in total. The lowest BCUT2D eigenvalue weighted by atomic mass is 10.2. The van der Waals surface area contributed by atoms with E-state index in [1.54, 1.807) is 11.8 Å². The molecule has 3 rings (SSSR count). The summed E-state index contributed by atoms with van der Waals surface area (Å²) in [6.07, 6.45) is 3.82. The molecule has 0 N–H and O–H groups in total. The van der Waals surface area contributed by atoms with E-state index in [0.717, 1.165) is 11.4 Å². The number of aryl methyl sites for hydroxylation is 1. The van der Waals surface area contributed by atoms with E-state index in [-0.39, 0.29) is 0 Å². The highest BCUT2D eigenvalue weighted by Crippen LogP contribution is 2.14. The van der Waals surface area contributed by atoms with Crippen LogP contribution in [0.4, 0.5) is 0 Å². The van der Waals surface area contributed by atoms with Gasteiger partial charge in [-0.3, -0.25) is 0 Å². The van der Waals surface area contributed by atoms with Gasteiger partial charge in [0.05, 0.1) is 25.5 Å². The number of hydrogen-bond donors (Lipinski definition) is 0. The molecule has 0 bridgehead atoms. The topological polar surface area (TPSA) is 44.9 Å². The smallest absolute Gasteiger partial charge is 0.153 e. The fourth-order valence-corrected chi connectivity index (χ4v) is 2.44. The molecule has 6 heteroatoms. The zero-order chi connectivity index (χ0) is 15.5. The molecule has 0 atom stereocenters. The van der Waals surface area contributed by atoms with Crippen LogP contribution in [-0.4, -0.2) is 26.7 Å². The molecule has 0 amide bonds. The van der Waals surface area contributed by atoms with E-state index >= 15 is 0 Å². The number of aromatic nitrogens is 4. The molecule has 1 aromatic carbocycles. The van der Waals surface area contributed by atoms with Crippen molar-refractivity contribution in [3.8, 4) is 11.4 Å². The molecule has 0 fully saturated rings. The summed E-state index contributed by atoms with van der Waals surface area (Å²) in [4.78, 5) is 0. The molecule has 0 spiro atoms. The van der Waals surface area contributed by atoms with E-state index in [9.17, 15) is 0 Å². The SMILES string of the molecule is COc1cccn(Cc2cn(-c3ccc(C)cc3)nn2)c1=S. The van der Waals surface area contributed by atoms with Crippen LogP contribution in [0.1, 0.15) is 11.3 Å². The van der Waals surface area contributed by atoms with Gasteiger partial charge in [-0.05, 0) is 31.2 Å². The first-order valence-corrected chi connectivity index (χ1v) is 7.30. The van der Waals surface area contributed by atoms with Crippen molar-refractivity contribution in [1.29, 1.82) is 0 Å². The van der Waals surface area contributed by atoms with Crippen LogP contribution in [-0.2, 0) is 6.54 Å². The monoisotopic (exact) mass is 312 g/mol. The van der Waals surface area contributed by atoms with Gasteiger partial charge in [0, 0.05) is 6.20 Å². The maximum Gasteiger partial charge on any atom is 0.153 e. The minimum atomic E-state index is 0.557. The zero-order valence-corrected chi connectivity index (χ0v) is 13.2. The van der Waals surface area contributed by atoms with Gasteiger partial charge in [-0.25, -0.2) is 4.68 Å². The lowest BCUT2D eigenvalue weighted by Gasteiger charge is -2.07. The first-order chi connectivity index (χ1) is 10.7. The van der Waals surface area contributed by atoms with E-state index < -0.39 is 0 Å². The average Bonchev–Trinajstić information content (AvgIpc) is 2.99. The highest BCUT2D eigenvalue weighted by molar-refractivity contribution is 7.71. The number of nitrogens with zero attached hydrogens (tertiary/aromatic N) is 4. The minimum absolute atomic E-state index is 0.557. The van der Waals surface area contributed by atoms with Crippen molar-refractivity contribution in [2.75, 3.05) is 7.11 Å². The van der Waals surface area contributed by atoms with Crippen LogP contribution in [0.25, 0.3) is 5.69 Å². The number of pyridine rings is 1. The summed E-state index contributed by atoms with van der Waals surface area (Å²) >= 11 is 5.39. The van der Waals surface area contributed by atoms with Gasteiger partial charge in [0.2, 0.25) is 0 Å². The summed E-state index contributed by atoms with van der Waals surface area (Å²) in [5.41, 5.74) is 3.04. The molecule has 112 valence electrons. The summed E-state index contributed by atoms with van der Waals surface area (Å²) in [5.74, 6) is 0.684. The second kappa shape index (κ2) is 6.11. The predicted molar refractivity (Wildman–Crippen MR) is 87.0 cm³/mol. The number of ether oxygens (including phenoxy) is 1. The molecule has 0 aliphatic rings.